The summed E-state index contributed by atoms with van der Waals surface area (Å²) in [7, 11) is 0. The number of nitrogens with one attached hydrogen (secondary N) is 1. The van der Waals surface area contributed by atoms with Gasteiger partial charge in [-0.25, -0.2) is 0 Å². The van der Waals surface area contributed by atoms with E-state index in [0.717, 1.165) is 16.6 Å². The van der Waals surface area contributed by atoms with Crippen molar-refractivity contribution in [2.24, 2.45) is 11.5 Å². The summed E-state index contributed by atoms with van der Waals surface area (Å²) < 4.78 is 1.82. The van der Waals surface area contributed by atoms with Gasteiger partial charge in [0.2, 0.25) is 5.91 Å². The molecule has 88 valence electrons. The van der Waals surface area contributed by atoms with E-state index >= 15 is 0 Å². The van der Waals surface area contributed by atoms with Crippen molar-refractivity contribution in [2.45, 2.75) is 13.5 Å². The Balaban J connectivity index is 2.64. The Morgan fingerprint density at radius 3 is 2.65 bits per heavy atom. The van der Waals surface area contributed by atoms with Crippen LogP contribution < -0.4 is 11.5 Å². The number of amidine groups is 1. The van der Waals surface area contributed by atoms with Crippen molar-refractivity contribution in [3.8, 4) is 0 Å². The van der Waals surface area contributed by atoms with Gasteiger partial charge in [0.15, 0.2) is 0 Å². The third-order valence-electron chi connectivity index (χ3n) is 2.74. The lowest BCUT2D eigenvalue weighted by atomic mass is 10.1. The molecule has 0 bridgehead atoms. The fourth-order valence-electron chi connectivity index (χ4n) is 1.93. The molecule has 2 rings (SSSR count). The standard InChI is InChI=1S/C12H14N4O/c1-7-4-8-2-3-9(12(14)15)5-10(8)16(7)6-11(13)17/h2-5H,6H2,1H3,(H2,13,17)(H3,14,15). The fourth-order valence-corrected chi connectivity index (χ4v) is 1.93. The van der Waals surface area contributed by atoms with Crippen LogP contribution in [0.5, 0.6) is 0 Å². The van der Waals surface area contributed by atoms with E-state index in [0.29, 0.717) is 5.56 Å². The third kappa shape index (κ3) is 1.99. The first-order chi connectivity index (χ1) is 7.99. The van der Waals surface area contributed by atoms with Gasteiger partial charge >= 0.3 is 0 Å². The van der Waals surface area contributed by atoms with E-state index in [-0.39, 0.29) is 18.3 Å². The molecule has 5 heteroatoms. The second-order valence-electron chi connectivity index (χ2n) is 4.03. The van der Waals surface area contributed by atoms with Crippen LogP contribution >= 0.6 is 0 Å². The first-order valence-electron chi connectivity index (χ1n) is 5.21. The maximum atomic E-state index is 11.0. The fraction of sp³-hybridized carbons (Fsp3) is 0.167. The maximum absolute atomic E-state index is 11.0. The van der Waals surface area contributed by atoms with Crippen LogP contribution in [0.3, 0.4) is 0 Å². The van der Waals surface area contributed by atoms with Crippen molar-refractivity contribution in [3.63, 3.8) is 0 Å². The molecule has 1 amide bonds. The number of rotatable bonds is 3. The lowest BCUT2D eigenvalue weighted by molar-refractivity contribution is -0.118. The molecule has 0 atom stereocenters. The predicted octanol–water partition coefficient (Wildman–Crippen LogP) is 0.719. The first kappa shape index (κ1) is 11.2. The number of amides is 1. The number of fused-ring (bicyclic) bond motifs is 1. The normalized spacial score (nSPS) is 10.6. The molecule has 5 N–H and O–H groups in total. The van der Waals surface area contributed by atoms with Crippen LogP contribution in [-0.2, 0) is 11.3 Å². The Bertz CT molecular complexity index is 612. The molecule has 0 saturated carbocycles. The Morgan fingerprint density at radius 2 is 2.06 bits per heavy atom. The zero-order valence-electron chi connectivity index (χ0n) is 9.53. The van der Waals surface area contributed by atoms with E-state index in [1.165, 1.54) is 0 Å². The molecule has 0 aliphatic heterocycles. The average Bonchev–Trinajstić information content (AvgIpc) is 2.54. The van der Waals surface area contributed by atoms with Crippen molar-refractivity contribution in [2.75, 3.05) is 0 Å². The molecule has 0 aliphatic rings. The highest BCUT2D eigenvalue weighted by Crippen LogP contribution is 2.20. The second kappa shape index (κ2) is 3.93. The zero-order chi connectivity index (χ0) is 12.6. The van der Waals surface area contributed by atoms with Gasteiger partial charge in [-0.05, 0) is 24.4 Å². The largest absolute Gasteiger partial charge is 0.384 e. The molecule has 0 unspecified atom stereocenters. The van der Waals surface area contributed by atoms with Crippen molar-refractivity contribution in [1.29, 1.82) is 5.41 Å². The Kier molecular flexibility index (Phi) is 2.59. The molecule has 1 aromatic carbocycles. The van der Waals surface area contributed by atoms with Gasteiger partial charge in [-0.3, -0.25) is 10.2 Å². The second-order valence-corrected chi connectivity index (χ2v) is 4.03. The SMILES string of the molecule is Cc1cc2ccc(C(=N)N)cc2n1CC(N)=O. The number of hydrogen-bond acceptors (Lipinski definition) is 2. The van der Waals surface area contributed by atoms with Gasteiger partial charge in [0.1, 0.15) is 12.4 Å². The summed E-state index contributed by atoms with van der Waals surface area (Å²) in [6.07, 6.45) is 0. The van der Waals surface area contributed by atoms with Crippen LogP contribution in [0, 0.1) is 12.3 Å². The highest BCUT2D eigenvalue weighted by Gasteiger charge is 2.09. The van der Waals surface area contributed by atoms with E-state index in [9.17, 15) is 4.79 Å². The molecular formula is C12H14N4O. The topological polar surface area (TPSA) is 97.9 Å². The number of hydrogen-bond donors (Lipinski definition) is 3. The number of primary amides is 1. The van der Waals surface area contributed by atoms with Crippen LogP contribution in [0.1, 0.15) is 11.3 Å². The highest BCUT2D eigenvalue weighted by atomic mass is 16.1. The molecule has 0 aliphatic carbocycles. The molecule has 5 nitrogen and oxygen atoms in total. The number of carbonyl (C=O) groups is 1. The van der Waals surface area contributed by atoms with Crippen LogP contribution in [0.15, 0.2) is 24.3 Å². The summed E-state index contributed by atoms with van der Waals surface area (Å²) in [6.45, 7) is 2.05. The molecule has 0 saturated heterocycles. The summed E-state index contributed by atoms with van der Waals surface area (Å²) >= 11 is 0. The molecule has 0 fully saturated rings. The monoisotopic (exact) mass is 230 g/mol. The van der Waals surface area contributed by atoms with Crippen molar-refractivity contribution >= 4 is 22.6 Å². The Labute approximate surface area is 98.5 Å². The molecule has 1 heterocycles. The summed E-state index contributed by atoms with van der Waals surface area (Å²) in [5.41, 5.74) is 13.1. The third-order valence-corrected chi connectivity index (χ3v) is 2.74. The molecule has 0 radical (unpaired) electrons. The molecule has 0 spiro atoms. The van der Waals surface area contributed by atoms with Gasteiger partial charge in [0, 0.05) is 16.8 Å². The quantitative estimate of drug-likeness (QED) is 0.534. The van der Waals surface area contributed by atoms with Crippen LogP contribution in [0.2, 0.25) is 0 Å². The average molecular weight is 230 g/mol. The predicted molar refractivity (Wildman–Crippen MR) is 66.9 cm³/mol. The summed E-state index contributed by atoms with van der Waals surface area (Å²) in [6, 6.07) is 7.45. The number of nitrogens with two attached hydrogens (primary N) is 2. The number of nitrogen functional groups attached to an aromatic ring is 1. The van der Waals surface area contributed by atoms with Crippen LogP contribution in [0.4, 0.5) is 0 Å². The maximum Gasteiger partial charge on any atom is 0.237 e. The van der Waals surface area contributed by atoms with E-state index in [1.807, 2.05) is 23.6 Å². The van der Waals surface area contributed by atoms with Crippen molar-refractivity contribution < 1.29 is 4.79 Å². The van der Waals surface area contributed by atoms with Gasteiger partial charge in [-0.2, -0.15) is 0 Å². The minimum absolute atomic E-state index is 0.0105. The lowest BCUT2D eigenvalue weighted by Gasteiger charge is -2.06. The van der Waals surface area contributed by atoms with Gasteiger partial charge in [0.05, 0.1) is 0 Å². The Hall–Kier alpha value is -2.30. The first-order valence-corrected chi connectivity index (χ1v) is 5.21. The van der Waals surface area contributed by atoms with Gasteiger partial charge in [-0.1, -0.05) is 12.1 Å². The summed E-state index contributed by atoms with van der Waals surface area (Å²) in [5, 5.41) is 8.41. The van der Waals surface area contributed by atoms with E-state index in [2.05, 4.69) is 0 Å². The number of aryl methyl sites for hydroxylation is 1. The van der Waals surface area contributed by atoms with Gasteiger partial charge < -0.3 is 16.0 Å². The highest BCUT2D eigenvalue weighted by molar-refractivity contribution is 5.99. The summed E-state index contributed by atoms with van der Waals surface area (Å²) in [4.78, 5) is 11.0. The zero-order valence-corrected chi connectivity index (χ0v) is 9.53. The molecule has 2 aromatic rings. The van der Waals surface area contributed by atoms with Gasteiger partial charge in [-0.15, -0.1) is 0 Å². The Morgan fingerprint density at radius 1 is 1.35 bits per heavy atom. The van der Waals surface area contributed by atoms with E-state index < -0.39 is 0 Å². The number of carbonyl (C=O) groups excluding carboxylic acids is 1. The molecule has 1 aromatic heterocycles. The summed E-state index contributed by atoms with van der Waals surface area (Å²) in [5.74, 6) is -0.379. The minimum atomic E-state index is -0.390. The number of aromatic nitrogens is 1. The van der Waals surface area contributed by atoms with Gasteiger partial charge in [0.25, 0.3) is 0 Å². The van der Waals surface area contributed by atoms with Crippen LogP contribution in [-0.4, -0.2) is 16.3 Å². The van der Waals surface area contributed by atoms with Crippen molar-refractivity contribution in [3.05, 3.63) is 35.5 Å². The number of benzene rings is 1. The van der Waals surface area contributed by atoms with E-state index in [4.69, 9.17) is 16.9 Å². The smallest absolute Gasteiger partial charge is 0.237 e. The van der Waals surface area contributed by atoms with Crippen LogP contribution in [0.25, 0.3) is 10.9 Å². The van der Waals surface area contributed by atoms with E-state index in [1.54, 1.807) is 12.1 Å². The molecule has 17 heavy (non-hydrogen) atoms. The van der Waals surface area contributed by atoms with Crippen molar-refractivity contribution in [1.82, 2.24) is 4.57 Å². The lowest BCUT2D eigenvalue weighted by Crippen LogP contribution is -2.19. The number of nitrogens with zero attached hydrogens (tertiary/aromatic N) is 1. The molecular weight excluding hydrogens is 216 g/mol. The minimum Gasteiger partial charge on any atom is -0.384 e.